The van der Waals surface area contributed by atoms with Gasteiger partial charge in [-0.3, -0.25) is 0 Å². The first-order valence-electron chi connectivity index (χ1n) is 9.93. The topological polar surface area (TPSA) is 27.7 Å². The van der Waals surface area contributed by atoms with Crippen LogP contribution in [0.5, 0.6) is 5.75 Å². The summed E-state index contributed by atoms with van der Waals surface area (Å²) in [6.45, 7) is 0. The van der Waals surface area contributed by atoms with Crippen molar-refractivity contribution in [1.82, 2.24) is 0 Å². The summed E-state index contributed by atoms with van der Waals surface area (Å²) in [5.41, 5.74) is 2.42. The van der Waals surface area contributed by atoms with Crippen molar-refractivity contribution < 1.29 is 14.2 Å². The monoisotopic (exact) mass is 424 g/mol. The second-order valence-electron chi connectivity index (χ2n) is 8.04. The quantitative estimate of drug-likeness (QED) is 0.570. The number of ether oxygens (including phenoxy) is 3. The molecule has 4 heteroatoms. The zero-order valence-electron chi connectivity index (χ0n) is 18.7. The van der Waals surface area contributed by atoms with Gasteiger partial charge in [-0.25, -0.2) is 10.0 Å². The van der Waals surface area contributed by atoms with Crippen molar-refractivity contribution in [2.75, 3.05) is 40.1 Å². The Hall–Kier alpha value is -2.27. The minimum absolute atomic E-state index is 0.0592. The smallest absolute Gasteiger partial charge is 0.143 e. The summed E-state index contributed by atoms with van der Waals surface area (Å²) >= 11 is 0. The molecular formula is C26H32O3S. The Labute approximate surface area is 182 Å². The first kappa shape index (κ1) is 22.4. The molecule has 0 aromatic heterocycles. The second kappa shape index (κ2) is 9.25. The molecule has 0 N–H and O–H groups in total. The molecule has 0 fully saturated rings. The third-order valence-electron chi connectivity index (χ3n) is 5.49. The van der Waals surface area contributed by atoms with Gasteiger partial charge in [-0.05, 0) is 64.6 Å². The number of hydrogen-bond acceptors (Lipinski definition) is 3. The predicted octanol–water partition coefficient (Wildman–Crippen LogP) is 5.71. The van der Waals surface area contributed by atoms with Crippen molar-refractivity contribution in [3.8, 4) is 5.75 Å². The van der Waals surface area contributed by atoms with Crippen LogP contribution in [0.3, 0.4) is 0 Å². The van der Waals surface area contributed by atoms with Crippen LogP contribution in [0.15, 0.2) is 89.4 Å². The van der Waals surface area contributed by atoms with Crippen molar-refractivity contribution in [1.29, 1.82) is 0 Å². The third kappa shape index (κ3) is 4.41. The standard InChI is InChI=1S/C26H32O3S/c1-27-23-9-7-8-20(10-15-23)26(29-3,21-11-16-24(28-2)17-12-21)22-13-18-25(19-14-22)30(4,5)6/h7-19,23H,1-6H3. The maximum Gasteiger partial charge on any atom is 0.143 e. The van der Waals surface area contributed by atoms with Crippen molar-refractivity contribution in [2.24, 2.45) is 0 Å². The molecule has 0 amide bonds. The fraction of sp³-hybridized carbons (Fsp3) is 0.308. The van der Waals surface area contributed by atoms with Gasteiger partial charge in [0, 0.05) is 14.2 Å². The first-order valence-corrected chi connectivity index (χ1v) is 12.8. The van der Waals surface area contributed by atoms with Crippen molar-refractivity contribution in [3.63, 3.8) is 0 Å². The highest BCUT2D eigenvalue weighted by molar-refractivity contribution is 8.32. The lowest BCUT2D eigenvalue weighted by molar-refractivity contribution is 0.0577. The molecule has 2 atom stereocenters. The van der Waals surface area contributed by atoms with Crippen molar-refractivity contribution in [3.05, 3.63) is 95.6 Å². The summed E-state index contributed by atoms with van der Waals surface area (Å²) in [4.78, 5) is 1.37. The van der Waals surface area contributed by atoms with E-state index in [2.05, 4.69) is 73.4 Å². The largest absolute Gasteiger partial charge is 0.497 e. The average Bonchev–Trinajstić information content (AvgIpc) is 3.01. The molecule has 0 spiro atoms. The van der Waals surface area contributed by atoms with Crippen LogP contribution >= 0.6 is 10.0 Å². The molecule has 0 radical (unpaired) electrons. The van der Waals surface area contributed by atoms with E-state index in [0.717, 1.165) is 22.4 Å². The van der Waals surface area contributed by atoms with Crippen LogP contribution in [0.1, 0.15) is 11.1 Å². The van der Waals surface area contributed by atoms with Gasteiger partial charge < -0.3 is 14.2 Å². The lowest BCUT2D eigenvalue weighted by Crippen LogP contribution is -2.32. The fourth-order valence-corrected chi connectivity index (χ4v) is 4.71. The highest BCUT2D eigenvalue weighted by atomic mass is 32.3. The van der Waals surface area contributed by atoms with Crippen LogP contribution in [0.4, 0.5) is 0 Å². The Morgan fingerprint density at radius 2 is 1.40 bits per heavy atom. The molecular weight excluding hydrogens is 392 g/mol. The molecule has 160 valence electrons. The zero-order valence-corrected chi connectivity index (χ0v) is 19.5. The number of allylic oxidation sites excluding steroid dienone is 2. The molecule has 1 aliphatic carbocycles. The Balaban J connectivity index is 2.19. The Bertz CT molecular complexity index is 934. The van der Waals surface area contributed by atoms with Crippen molar-refractivity contribution >= 4 is 10.0 Å². The number of hydrogen-bond donors (Lipinski definition) is 0. The van der Waals surface area contributed by atoms with Crippen LogP contribution in [-0.2, 0) is 15.1 Å². The zero-order chi connectivity index (χ0) is 21.8. The van der Waals surface area contributed by atoms with E-state index < -0.39 is 15.6 Å². The van der Waals surface area contributed by atoms with Gasteiger partial charge in [-0.1, -0.05) is 54.6 Å². The van der Waals surface area contributed by atoms with Gasteiger partial charge in [0.2, 0.25) is 0 Å². The molecule has 0 saturated carbocycles. The number of methoxy groups -OCH3 is 3. The molecule has 0 aliphatic heterocycles. The van der Waals surface area contributed by atoms with Gasteiger partial charge in [-0.15, -0.1) is 0 Å². The molecule has 30 heavy (non-hydrogen) atoms. The van der Waals surface area contributed by atoms with Gasteiger partial charge >= 0.3 is 0 Å². The molecule has 0 bridgehead atoms. The summed E-state index contributed by atoms with van der Waals surface area (Å²) in [5.74, 6) is 0.820. The summed E-state index contributed by atoms with van der Waals surface area (Å²) in [6.07, 6.45) is 17.2. The molecule has 2 aromatic carbocycles. The minimum atomic E-state index is -0.800. The van der Waals surface area contributed by atoms with Gasteiger partial charge in [0.15, 0.2) is 0 Å². The molecule has 3 nitrogen and oxygen atoms in total. The van der Waals surface area contributed by atoms with Crippen LogP contribution < -0.4 is 4.74 Å². The summed E-state index contributed by atoms with van der Waals surface area (Å²) in [6, 6.07) is 17.0. The predicted molar refractivity (Wildman–Crippen MR) is 128 cm³/mol. The minimum Gasteiger partial charge on any atom is -0.497 e. The molecule has 2 unspecified atom stereocenters. The Kier molecular flexibility index (Phi) is 6.91. The van der Waals surface area contributed by atoms with E-state index in [0.29, 0.717) is 0 Å². The van der Waals surface area contributed by atoms with Gasteiger partial charge in [0.05, 0.1) is 13.2 Å². The molecule has 3 rings (SSSR count). The molecule has 2 aromatic rings. The normalized spacial score (nSPS) is 19.0. The van der Waals surface area contributed by atoms with E-state index in [9.17, 15) is 0 Å². The maximum atomic E-state index is 6.34. The van der Waals surface area contributed by atoms with Crippen LogP contribution in [0, 0.1) is 0 Å². The lowest BCUT2D eigenvalue weighted by atomic mass is 9.79. The average molecular weight is 425 g/mol. The Morgan fingerprint density at radius 3 is 1.90 bits per heavy atom. The highest BCUT2D eigenvalue weighted by Crippen LogP contribution is 2.47. The van der Waals surface area contributed by atoms with E-state index in [-0.39, 0.29) is 6.10 Å². The molecule has 0 saturated heterocycles. The van der Waals surface area contributed by atoms with E-state index in [1.54, 1.807) is 21.3 Å². The second-order valence-corrected chi connectivity index (χ2v) is 12.2. The fourth-order valence-electron chi connectivity index (χ4n) is 3.76. The summed E-state index contributed by atoms with van der Waals surface area (Å²) in [7, 11) is 4.36. The van der Waals surface area contributed by atoms with Crippen LogP contribution in [0.2, 0.25) is 0 Å². The summed E-state index contributed by atoms with van der Waals surface area (Å²) in [5, 5.41) is 0. The van der Waals surface area contributed by atoms with Crippen LogP contribution in [-0.4, -0.2) is 46.2 Å². The lowest BCUT2D eigenvalue weighted by Gasteiger charge is -2.36. The van der Waals surface area contributed by atoms with Crippen LogP contribution in [0.25, 0.3) is 0 Å². The van der Waals surface area contributed by atoms with Gasteiger partial charge in [-0.2, -0.15) is 0 Å². The highest BCUT2D eigenvalue weighted by Gasteiger charge is 2.38. The van der Waals surface area contributed by atoms with E-state index >= 15 is 0 Å². The Morgan fingerprint density at radius 1 is 0.800 bits per heavy atom. The van der Waals surface area contributed by atoms with Gasteiger partial charge in [0.1, 0.15) is 11.4 Å². The first-order chi connectivity index (χ1) is 14.3. The van der Waals surface area contributed by atoms with E-state index in [1.165, 1.54) is 4.90 Å². The molecule has 0 heterocycles. The third-order valence-corrected chi connectivity index (χ3v) is 7.18. The SMILES string of the molecule is COc1ccc(C(OC)(C2=CC=CC(OC)C=C2)c2ccc(S(C)(C)C)cc2)cc1. The molecule has 1 aliphatic rings. The van der Waals surface area contributed by atoms with E-state index in [1.807, 2.05) is 24.3 Å². The number of rotatable bonds is 7. The van der Waals surface area contributed by atoms with E-state index in [4.69, 9.17) is 14.2 Å². The maximum absolute atomic E-state index is 6.34. The van der Waals surface area contributed by atoms with Gasteiger partial charge in [0.25, 0.3) is 0 Å². The number of benzene rings is 2. The van der Waals surface area contributed by atoms with Crippen molar-refractivity contribution in [2.45, 2.75) is 16.6 Å². The summed E-state index contributed by atoms with van der Waals surface area (Å²) < 4.78 is 17.2.